The van der Waals surface area contributed by atoms with E-state index < -0.39 is 70.8 Å². The van der Waals surface area contributed by atoms with Crippen molar-refractivity contribution in [2.75, 3.05) is 0 Å². The molecule has 0 aliphatic heterocycles. The number of rotatable bonds is 17. The first-order valence-corrected chi connectivity index (χ1v) is 27.8. The average molecular weight is 977 g/mol. The highest BCUT2D eigenvalue weighted by atomic mass is 14.3. The SMILES string of the molecule is [B][B]B([B])B(B([B])[B])c1c(B(B([B])[B])B([B])[B])c(B([B][B])B([B])[B])c(B([B])B([B])[B])c2c(B([B])[B][B])c(-c3c(C)c(C)c(C)c4c(-c5c(C)c(C)c6c(C)c(C)c(C)c(C)c6c5C)c5c(C)c(C)c(C)c(C)c5cc34)c([B][B])c([B])c12. The maximum Gasteiger partial charge on any atom is 0.113 e. The molecule has 0 bridgehead atoms. The van der Waals surface area contributed by atoms with Gasteiger partial charge in [0.15, 0.2) is 0 Å². The van der Waals surface area contributed by atoms with E-state index >= 15 is 0 Å². The van der Waals surface area contributed by atoms with E-state index in [1.807, 2.05) is 0 Å². The minimum absolute atomic E-state index is 0.131. The van der Waals surface area contributed by atoms with Gasteiger partial charge in [-0.2, -0.15) is 0 Å². The topological polar surface area (TPSA) is 0 Å². The lowest BCUT2D eigenvalue weighted by molar-refractivity contribution is 1.23. The van der Waals surface area contributed by atoms with E-state index in [2.05, 4.69) is 103 Å². The molecule has 0 fully saturated rings. The molecule has 40 radical (unpaired) electrons. The Hall–Kier alpha value is -2.28. The van der Waals surface area contributed by atoms with Crippen molar-refractivity contribution in [1.82, 2.24) is 0 Å². The summed E-state index contributed by atoms with van der Waals surface area (Å²) in [5, 5.41) is 7.34. The molecule has 7 rings (SSSR count). The van der Waals surface area contributed by atoms with Crippen LogP contribution in [-0.2, 0) is 0 Å². The first-order valence-electron chi connectivity index (χ1n) is 27.8. The molecule has 0 nitrogen and oxygen atoms in total. The molecular weight excluding hydrogens is 933 g/mol. The standard InChI is InChI=1S/C48H43B33/c1-16-17(2)24(9)35-30(21(16)6)15-31-36(38(35)34-28(13)27(12)32-22(7)18(3)19(4)23(8)33(32)29(34)14)25(10)20(5)26(11)37(31)40-43(67-50)42(49)39-41(44(40)71(54)68-51)45(72(55)76(56)57)47(73(69-52)77(58)59)48(74(78(60)61)79(62)63)46(39)75(80(64)65)81(66)70-53/h15H,1-14H3. The molecule has 0 saturated heterocycles. The van der Waals surface area contributed by atoms with Gasteiger partial charge in [-0.25, -0.2) is 0 Å². The van der Waals surface area contributed by atoms with E-state index in [1.165, 1.54) is 94.8 Å². The second-order valence-electron chi connectivity index (χ2n) is 23.2. The lowest BCUT2D eigenvalue weighted by Gasteiger charge is -2.42. The zero-order chi connectivity index (χ0) is 60.9. The van der Waals surface area contributed by atoms with Crippen molar-refractivity contribution in [3.05, 3.63) is 84.0 Å². The van der Waals surface area contributed by atoms with Crippen molar-refractivity contribution in [2.45, 2.75) is 96.9 Å². The average Bonchev–Trinajstić information content (AvgIpc) is 2.46. The van der Waals surface area contributed by atoms with Crippen molar-refractivity contribution >= 4 is 320 Å². The molecule has 0 spiro atoms. The molecule has 7 aromatic rings. The van der Waals surface area contributed by atoms with Crippen LogP contribution in [0, 0.1) is 96.9 Å². The van der Waals surface area contributed by atoms with Crippen molar-refractivity contribution < 1.29 is 0 Å². The summed E-state index contributed by atoms with van der Waals surface area (Å²) >= 11 is 0. The largest absolute Gasteiger partial charge is 0.113 e. The molecule has 0 atom stereocenters. The Bertz CT molecular complexity index is 3680. The van der Waals surface area contributed by atoms with Crippen LogP contribution in [0.4, 0.5) is 0 Å². The Morgan fingerprint density at radius 2 is 0.765 bits per heavy atom. The van der Waals surface area contributed by atoms with E-state index in [0.717, 1.165) is 60.5 Å². The second kappa shape index (κ2) is 25.2. The summed E-state index contributed by atoms with van der Waals surface area (Å²) in [6.45, 7) is 25.3. The van der Waals surface area contributed by atoms with Crippen molar-refractivity contribution in [1.29, 1.82) is 0 Å². The molecule has 33 heteroatoms. The predicted octanol–water partition coefficient (Wildman–Crippen LogP) is -4.39. The predicted molar refractivity (Wildman–Crippen MR) is 401 cm³/mol. The molecule has 0 aliphatic rings. The summed E-state index contributed by atoms with van der Waals surface area (Å²) in [6, 6.07) is 2.31. The molecule has 0 heterocycles. The molecule has 334 valence electrons. The van der Waals surface area contributed by atoms with E-state index in [0.29, 0.717) is 27.3 Å². The Morgan fingerprint density at radius 3 is 1.21 bits per heavy atom. The summed E-state index contributed by atoms with van der Waals surface area (Å²) in [4.78, 5) is 0. The highest BCUT2D eigenvalue weighted by Gasteiger charge is 2.42. The second-order valence-corrected chi connectivity index (χ2v) is 23.2. The molecule has 0 aliphatic carbocycles. The minimum atomic E-state index is -1.27. The Labute approximate surface area is 519 Å². The lowest BCUT2D eigenvalue weighted by atomic mass is 8.66. The highest BCUT2D eigenvalue weighted by Crippen LogP contribution is 2.51. The zero-order valence-electron chi connectivity index (χ0n) is 50.1. The Kier molecular flexibility index (Phi) is 20.6. The van der Waals surface area contributed by atoms with Crippen LogP contribution in [0.5, 0.6) is 0 Å². The van der Waals surface area contributed by atoms with Crippen LogP contribution in [0.3, 0.4) is 0 Å². The molecule has 0 aromatic heterocycles. The van der Waals surface area contributed by atoms with Crippen LogP contribution in [0.25, 0.3) is 65.3 Å². The normalized spacial score (nSPS) is 11.2. The fourth-order valence-corrected chi connectivity index (χ4v) is 14.0. The van der Waals surface area contributed by atoms with Crippen LogP contribution in [0.1, 0.15) is 77.9 Å². The summed E-state index contributed by atoms with van der Waals surface area (Å²) in [7, 11) is 130. The fraction of sp³-hybridized carbons (Fsp3) is 0.292. The third kappa shape index (κ3) is 10.5. The maximum atomic E-state index is 7.89. The molecule has 0 amide bonds. The van der Waals surface area contributed by atoms with Gasteiger partial charge in [-0.15, -0.1) is 10.9 Å². The monoisotopic (exact) mass is 983 g/mol. The van der Waals surface area contributed by atoms with Crippen LogP contribution < -0.4 is 38.2 Å². The van der Waals surface area contributed by atoms with Gasteiger partial charge in [0.25, 0.3) is 0 Å². The van der Waals surface area contributed by atoms with Gasteiger partial charge in [0.1, 0.15) is 7.85 Å². The van der Waals surface area contributed by atoms with Crippen LogP contribution in [-0.4, -0.2) is 239 Å². The van der Waals surface area contributed by atoms with E-state index in [9.17, 15) is 0 Å². The van der Waals surface area contributed by atoms with Gasteiger partial charge in [0.05, 0.1) is 39.6 Å². The molecule has 0 saturated carbocycles. The number of benzene rings is 7. The number of hydrogen-bond acceptors (Lipinski definition) is 0. The summed E-state index contributed by atoms with van der Waals surface area (Å²) in [5.74, 6) is 0. The number of hydrogen-bond donors (Lipinski definition) is 0. The van der Waals surface area contributed by atoms with E-state index in [4.69, 9.17) is 139 Å². The lowest BCUT2D eigenvalue weighted by Crippen LogP contribution is -2.80. The van der Waals surface area contributed by atoms with Gasteiger partial charge in [-0.3, -0.25) is 0 Å². The van der Waals surface area contributed by atoms with Crippen molar-refractivity contribution in [3.63, 3.8) is 0 Å². The summed E-state index contributed by atoms with van der Waals surface area (Å²) in [5.41, 5.74) is 22.1. The van der Waals surface area contributed by atoms with Crippen molar-refractivity contribution in [2.24, 2.45) is 0 Å². The Balaban J connectivity index is 2.00. The maximum absolute atomic E-state index is 7.89. The number of aryl methyl sites for hydroxylation is 7. The quantitative estimate of drug-likeness (QED) is 0.0641. The molecular formula is C48H43B33. The van der Waals surface area contributed by atoms with Crippen LogP contribution >= 0.6 is 0 Å². The first kappa shape index (κ1) is 66.3. The molecule has 81 heavy (non-hydrogen) atoms. The van der Waals surface area contributed by atoms with Gasteiger partial charge in [-0.1, -0.05) is 27.3 Å². The smallest absolute Gasteiger partial charge is 0.113 e. The molecule has 0 N–H and O–H groups in total. The van der Waals surface area contributed by atoms with E-state index in [-0.39, 0.29) is 27.2 Å². The zero-order valence-corrected chi connectivity index (χ0v) is 50.1. The third-order valence-electron chi connectivity index (χ3n) is 19.2. The van der Waals surface area contributed by atoms with Gasteiger partial charge in [0.2, 0.25) is 0 Å². The summed E-state index contributed by atoms with van der Waals surface area (Å²) < 4.78 is 0. The van der Waals surface area contributed by atoms with Gasteiger partial charge in [-0.05, 0) is 246 Å². The third-order valence-corrected chi connectivity index (χ3v) is 19.2. The number of fused-ring (bicyclic) bond motifs is 4. The van der Waals surface area contributed by atoms with Gasteiger partial charge >= 0.3 is 0 Å². The van der Waals surface area contributed by atoms with Gasteiger partial charge in [0, 0.05) is 191 Å². The van der Waals surface area contributed by atoms with E-state index in [1.54, 1.807) is 0 Å². The van der Waals surface area contributed by atoms with Crippen LogP contribution in [0.15, 0.2) is 6.07 Å². The molecule has 7 aromatic carbocycles. The minimum Gasteiger partial charge on any atom is -0.113 e. The highest BCUT2D eigenvalue weighted by molar-refractivity contribution is 7.89. The molecule has 0 unspecified atom stereocenters. The summed E-state index contributed by atoms with van der Waals surface area (Å²) in [6.07, 6.45) is -7.38. The fourth-order valence-electron chi connectivity index (χ4n) is 14.0. The van der Waals surface area contributed by atoms with Gasteiger partial charge < -0.3 is 0 Å². The Morgan fingerprint density at radius 1 is 0.321 bits per heavy atom. The first-order chi connectivity index (χ1) is 37.8. The van der Waals surface area contributed by atoms with Crippen LogP contribution in [0.2, 0.25) is 0 Å². The van der Waals surface area contributed by atoms with Crippen molar-refractivity contribution in [3.8, 4) is 22.3 Å².